The van der Waals surface area contributed by atoms with Crippen molar-refractivity contribution in [2.45, 2.75) is 79.7 Å². The van der Waals surface area contributed by atoms with Crippen molar-refractivity contribution in [2.75, 3.05) is 14.2 Å². The molecule has 4 bridgehead atoms. The first-order chi connectivity index (χ1) is 35.6. The molecule has 4 atom stereocenters. The zero-order valence-electron chi connectivity index (χ0n) is 52.9. The molecule has 2 saturated carbocycles. The largest absolute Gasteiger partial charge is 0.497 e. The summed E-state index contributed by atoms with van der Waals surface area (Å²) in [6, 6.07) is 21.8. The van der Waals surface area contributed by atoms with Crippen LogP contribution in [0.1, 0.15) is 119 Å². The smallest absolute Gasteiger partial charge is 0.131 e. The number of rotatable bonds is 8. The fourth-order valence-electron chi connectivity index (χ4n) is 10.1. The van der Waals surface area contributed by atoms with Crippen molar-refractivity contribution in [3.8, 4) is 33.8 Å². The molecule has 0 heterocycles. The Labute approximate surface area is 355 Å². The third-order valence-corrected chi connectivity index (χ3v) is 14.9. The van der Waals surface area contributed by atoms with Crippen LogP contribution in [-0.4, -0.2) is 19.3 Å². The van der Waals surface area contributed by atoms with E-state index in [0.29, 0.717) is 40.3 Å². The van der Waals surface area contributed by atoms with Gasteiger partial charge in [0.2, 0.25) is 0 Å². The summed E-state index contributed by atoms with van der Waals surface area (Å²) in [5.41, 5.74) is 10.1. The maximum absolute atomic E-state index is 14.8. The standard InChI is InChI=1S/C24H26ClFO.C24H27FO2.10H2/c1-23(2)16-9-10-24(23,3)21(12-16)19-11-15(14-25)5-7-18(19)20-13-17(27-4)6-8-22(20)26;1-23(2)16-9-10-24(23,3)21(12-16)19-11-15(14-26)5-7-18(19)20-13-17(27-4)6-8-22(20)25;;;;;;;;;;/h5-8,11-13,16H,9-10,14H2,1-4H3;5-8,11-13,16,26H,9-10,14H2,1-4H3;10*1H/t2*16-,24+;;;;;;;;;;/m11........../s1/i;;10*1+2T. The van der Waals surface area contributed by atoms with E-state index in [0.717, 1.165) is 39.8 Å². The average molecular weight is 812 g/mol. The van der Waals surface area contributed by atoms with Gasteiger partial charge in [0.25, 0.3) is 0 Å². The van der Waals surface area contributed by atoms with Gasteiger partial charge in [-0.05, 0) is 152 Å². The lowest BCUT2D eigenvalue weighted by Crippen LogP contribution is -2.29. The Hall–Kier alpha value is -3.93. The van der Waals surface area contributed by atoms with Crippen LogP contribution in [0.5, 0.6) is 11.5 Å². The van der Waals surface area contributed by atoms with Crippen molar-refractivity contribution in [1.29, 1.82) is 0 Å². The quantitative estimate of drug-likeness (QED) is 0.180. The molecule has 304 valence electrons. The number of allylic oxidation sites excluding steroid dienone is 4. The molecular formula is C48H73ClF2O3. The molecule has 8 rings (SSSR count). The van der Waals surface area contributed by atoms with E-state index < -0.39 is 0 Å². The van der Waals surface area contributed by atoms with Crippen LogP contribution in [0, 0.1) is 45.1 Å². The summed E-state index contributed by atoms with van der Waals surface area (Å²) in [4.78, 5) is 0. The van der Waals surface area contributed by atoms with Crippen LogP contribution in [0.2, 0.25) is 0 Å². The number of fused-ring (bicyclic) bond motifs is 4. The number of benzene rings is 4. The van der Waals surface area contributed by atoms with Crippen LogP contribution in [-0.2, 0) is 12.5 Å². The van der Waals surface area contributed by atoms with Gasteiger partial charge in [-0.2, -0.15) is 0 Å². The van der Waals surface area contributed by atoms with Gasteiger partial charge >= 0.3 is 0 Å². The molecule has 0 aromatic heterocycles. The van der Waals surface area contributed by atoms with E-state index in [-0.39, 0.29) is 39.9 Å². The number of alkyl halides is 1. The molecule has 0 saturated heterocycles. The fourth-order valence-corrected chi connectivity index (χ4v) is 10.3. The van der Waals surface area contributed by atoms with Crippen LogP contribution in [0.4, 0.5) is 8.78 Å². The molecule has 3 nitrogen and oxygen atoms in total. The van der Waals surface area contributed by atoms with E-state index in [2.05, 4.69) is 59.8 Å². The molecular weight excluding hydrogens is 698 g/mol. The first kappa shape index (κ1) is 27.6. The van der Waals surface area contributed by atoms with Gasteiger partial charge in [0.05, 0.1) is 20.8 Å². The maximum Gasteiger partial charge on any atom is 0.131 e. The Bertz CT molecular complexity index is 2070. The maximum atomic E-state index is 14.8. The van der Waals surface area contributed by atoms with Gasteiger partial charge in [-0.1, -0.05) is 78.0 Å². The topological polar surface area (TPSA) is 38.7 Å². The van der Waals surface area contributed by atoms with Crippen LogP contribution in [0.3, 0.4) is 0 Å². The molecule has 4 aliphatic carbocycles. The molecule has 6 heteroatoms. The Morgan fingerprint density at radius 3 is 1.41 bits per heavy atom. The minimum atomic E-state index is -0.262. The highest BCUT2D eigenvalue weighted by molar-refractivity contribution is 6.17. The molecule has 4 aromatic carbocycles. The predicted octanol–water partition coefficient (Wildman–Crippen LogP) is 15.4. The molecule has 2 fully saturated rings. The number of aliphatic hydroxyl groups excluding tert-OH is 1. The predicted molar refractivity (Wildman–Crippen MR) is 239 cm³/mol. The number of hydrogen-bond acceptors (Lipinski definition) is 3. The zero-order valence-corrected chi connectivity index (χ0v) is 33.6. The number of methoxy groups -OCH3 is 2. The number of hydrogen-bond donors (Lipinski definition) is 1. The lowest BCUT2D eigenvalue weighted by atomic mass is 9.65. The fraction of sp³-hybridized carbons (Fsp3) is 0.417. The monoisotopic (exact) mass is 811 g/mol. The Morgan fingerprint density at radius 1 is 0.630 bits per heavy atom. The summed E-state index contributed by atoms with van der Waals surface area (Å²) in [6.07, 6.45) is 9.56. The molecule has 0 aliphatic heterocycles. The van der Waals surface area contributed by atoms with Crippen LogP contribution < -0.4 is 9.47 Å². The van der Waals surface area contributed by atoms with E-state index in [1.54, 1.807) is 38.5 Å². The number of halogens is 3. The summed E-state index contributed by atoms with van der Waals surface area (Å²) in [5.74, 6) is 2.36. The molecule has 0 spiro atoms. The van der Waals surface area contributed by atoms with Gasteiger partial charge < -0.3 is 14.6 Å². The highest BCUT2D eigenvalue weighted by Gasteiger charge is 2.58. The SMILES string of the molecule is COc1ccc(F)c(-c2ccc(CCl)cc2C2=C[C@H]3CC[C@]2(C)C3(C)C)c1.COc1ccc(F)c(-c2ccc(CO)cc2C2=C[C@H]3CC[C@]2(C)C3(C)C)c1.[3H][3H].[3H][3H].[3H][3H].[3H][3H].[3H][3H].[3H][3H].[3H][3H].[3H][3H].[3H][3H].[3H][3H]. The van der Waals surface area contributed by atoms with Crippen molar-refractivity contribution >= 4 is 22.7 Å². The first-order valence-corrected chi connectivity index (χ1v) is 19.7. The van der Waals surface area contributed by atoms with E-state index in [9.17, 15) is 13.9 Å². The van der Waals surface area contributed by atoms with Gasteiger partial charge in [-0.3, -0.25) is 0 Å². The highest BCUT2D eigenvalue weighted by atomic mass is 35.5. The second kappa shape index (κ2) is 14.0. The van der Waals surface area contributed by atoms with Crippen molar-refractivity contribution in [3.63, 3.8) is 0 Å². The first-order valence-electron chi connectivity index (χ1n) is 29.2. The molecule has 54 heavy (non-hydrogen) atoms. The molecule has 0 radical (unpaired) electrons. The zero-order chi connectivity index (χ0) is 58.8. The highest BCUT2D eigenvalue weighted by Crippen LogP contribution is 2.69. The summed E-state index contributed by atoms with van der Waals surface area (Å²) in [5, 5.41) is 9.69. The number of ether oxygens (including phenoxy) is 2. The van der Waals surface area contributed by atoms with E-state index in [1.165, 1.54) is 42.5 Å². The molecule has 1 N–H and O–H groups in total. The van der Waals surface area contributed by atoms with Gasteiger partial charge in [-0.25, -0.2) is 8.78 Å². The average Bonchev–Trinajstić information content (AvgIpc) is 4.01. The van der Waals surface area contributed by atoms with Crippen LogP contribution in [0.25, 0.3) is 33.4 Å². The molecule has 0 amide bonds. The van der Waals surface area contributed by atoms with Crippen LogP contribution >= 0.6 is 11.6 Å². The van der Waals surface area contributed by atoms with Crippen LogP contribution in [0.15, 0.2) is 84.9 Å². The summed E-state index contributed by atoms with van der Waals surface area (Å²) in [7, 11) is 3.20. The van der Waals surface area contributed by atoms with Gasteiger partial charge in [0.15, 0.2) is 0 Å². The van der Waals surface area contributed by atoms with E-state index >= 15 is 0 Å². The number of aliphatic hydroxyl groups is 1. The van der Waals surface area contributed by atoms with Crippen molar-refractivity contribution in [3.05, 3.63) is 119 Å². The second-order valence-electron chi connectivity index (χ2n) is 17.3. The summed E-state index contributed by atoms with van der Waals surface area (Å²) >= 11 is 6.14. The van der Waals surface area contributed by atoms with E-state index in [4.69, 9.17) is 50.8 Å². The third-order valence-electron chi connectivity index (χ3n) is 14.5. The van der Waals surface area contributed by atoms with Crippen molar-refractivity contribution < 1.29 is 53.1 Å². The second-order valence-corrected chi connectivity index (χ2v) is 17.6. The van der Waals surface area contributed by atoms with Crippen molar-refractivity contribution in [2.24, 2.45) is 33.5 Å². The molecule has 4 aromatic rings. The van der Waals surface area contributed by atoms with E-state index in [1.807, 2.05) is 30.3 Å². The molecule has 4 aliphatic rings. The Morgan fingerprint density at radius 2 is 1.06 bits per heavy atom. The van der Waals surface area contributed by atoms with Gasteiger partial charge in [0.1, 0.15) is 23.1 Å². The minimum Gasteiger partial charge on any atom is -0.497 e. The lowest BCUT2D eigenvalue weighted by Gasteiger charge is -2.38. The van der Waals surface area contributed by atoms with Gasteiger partial charge in [0, 0.05) is 46.7 Å². The Balaban J connectivity index is -0.000000495. The Kier molecular flexibility index (Phi) is 7.15. The minimum absolute atomic E-state index is 0.0231. The summed E-state index contributed by atoms with van der Waals surface area (Å²) in [6.45, 7) is 14.1. The normalized spacial score (nSPS) is 27.0. The van der Waals surface area contributed by atoms with Crippen molar-refractivity contribution in [1.82, 2.24) is 0 Å². The molecule has 0 unspecified atom stereocenters. The lowest BCUT2D eigenvalue weighted by molar-refractivity contribution is 0.189. The van der Waals surface area contributed by atoms with Gasteiger partial charge in [-0.15, -0.1) is 11.6 Å². The summed E-state index contributed by atoms with van der Waals surface area (Å²) < 4.78 is 140. The third kappa shape index (κ3) is 5.93.